The standard InChI is InChI=1S/C25H21BrN4O4S/c1-15(16-7-12-21(31)22(13-16)34-2)28-29-23(32)14-35-25-27-20-6-4-3-5-19(20)24(33)30(25)18-10-8-17(26)9-11-18/h3-13,31H,14H2,1-2H3,(H,29,32)/b28-15+. The molecule has 10 heteroatoms. The van der Waals surface area contributed by atoms with Crippen molar-refractivity contribution >= 4 is 50.2 Å². The van der Waals surface area contributed by atoms with E-state index in [0.717, 1.165) is 16.2 Å². The molecule has 0 aliphatic carbocycles. The number of nitrogens with one attached hydrogen (secondary N) is 1. The number of benzene rings is 3. The summed E-state index contributed by atoms with van der Waals surface area (Å²) in [5, 5.41) is 14.8. The Morgan fingerprint density at radius 2 is 1.91 bits per heavy atom. The second kappa shape index (κ2) is 10.7. The highest BCUT2D eigenvalue weighted by atomic mass is 79.9. The molecule has 0 atom stereocenters. The van der Waals surface area contributed by atoms with Gasteiger partial charge in [0.2, 0.25) is 0 Å². The second-order valence-corrected chi connectivity index (χ2v) is 9.29. The number of hydrogen-bond donors (Lipinski definition) is 2. The van der Waals surface area contributed by atoms with Gasteiger partial charge in [0, 0.05) is 10.0 Å². The van der Waals surface area contributed by atoms with Gasteiger partial charge in [0.1, 0.15) is 0 Å². The molecule has 4 rings (SSSR count). The molecule has 35 heavy (non-hydrogen) atoms. The van der Waals surface area contributed by atoms with Crippen molar-refractivity contribution in [3.05, 3.63) is 87.1 Å². The zero-order valence-corrected chi connectivity index (χ0v) is 21.3. The van der Waals surface area contributed by atoms with Crippen LogP contribution in [0.4, 0.5) is 0 Å². The van der Waals surface area contributed by atoms with Crippen molar-refractivity contribution in [2.24, 2.45) is 5.10 Å². The molecule has 0 saturated heterocycles. The number of aromatic nitrogens is 2. The van der Waals surface area contributed by atoms with Crippen molar-refractivity contribution in [2.75, 3.05) is 12.9 Å². The average molecular weight is 553 g/mol. The molecule has 2 N–H and O–H groups in total. The van der Waals surface area contributed by atoms with E-state index in [1.165, 1.54) is 17.7 Å². The van der Waals surface area contributed by atoms with Gasteiger partial charge in [0.25, 0.3) is 11.5 Å². The number of fused-ring (bicyclic) bond motifs is 1. The average Bonchev–Trinajstić information content (AvgIpc) is 2.87. The first-order chi connectivity index (χ1) is 16.9. The number of thioether (sulfide) groups is 1. The maximum atomic E-state index is 13.3. The second-order valence-electron chi connectivity index (χ2n) is 7.44. The van der Waals surface area contributed by atoms with E-state index in [2.05, 4.69) is 31.4 Å². The molecule has 0 aliphatic rings. The third-order valence-electron chi connectivity index (χ3n) is 5.11. The lowest BCUT2D eigenvalue weighted by molar-refractivity contribution is -0.118. The number of carbonyl (C=O) groups excluding carboxylic acids is 1. The smallest absolute Gasteiger partial charge is 0.266 e. The number of nitrogens with zero attached hydrogens (tertiary/aromatic N) is 3. The highest BCUT2D eigenvalue weighted by molar-refractivity contribution is 9.10. The molecular weight excluding hydrogens is 532 g/mol. The third kappa shape index (κ3) is 5.55. The number of ether oxygens (including phenoxy) is 1. The summed E-state index contributed by atoms with van der Waals surface area (Å²) < 4.78 is 7.50. The Hall–Kier alpha value is -3.63. The summed E-state index contributed by atoms with van der Waals surface area (Å²) in [6, 6.07) is 19.2. The van der Waals surface area contributed by atoms with Gasteiger partial charge in [-0.05, 0) is 61.5 Å². The molecule has 0 spiro atoms. The number of methoxy groups -OCH3 is 1. The van der Waals surface area contributed by atoms with Crippen LogP contribution in [0.25, 0.3) is 16.6 Å². The number of hydrogen-bond acceptors (Lipinski definition) is 7. The van der Waals surface area contributed by atoms with Crippen molar-refractivity contribution in [3.8, 4) is 17.2 Å². The highest BCUT2D eigenvalue weighted by Gasteiger charge is 2.15. The lowest BCUT2D eigenvalue weighted by Crippen LogP contribution is -2.24. The maximum Gasteiger partial charge on any atom is 0.266 e. The lowest BCUT2D eigenvalue weighted by atomic mass is 10.1. The fourth-order valence-electron chi connectivity index (χ4n) is 3.30. The number of halogens is 1. The van der Waals surface area contributed by atoms with E-state index < -0.39 is 0 Å². The Morgan fingerprint density at radius 3 is 2.66 bits per heavy atom. The van der Waals surface area contributed by atoms with Crippen LogP contribution in [-0.2, 0) is 4.79 Å². The molecule has 178 valence electrons. The summed E-state index contributed by atoms with van der Waals surface area (Å²) in [4.78, 5) is 30.5. The monoisotopic (exact) mass is 552 g/mol. The van der Waals surface area contributed by atoms with Crippen LogP contribution in [0.3, 0.4) is 0 Å². The van der Waals surface area contributed by atoms with Gasteiger partial charge in [-0.2, -0.15) is 5.10 Å². The molecule has 0 bridgehead atoms. The van der Waals surface area contributed by atoms with Gasteiger partial charge in [-0.3, -0.25) is 14.2 Å². The molecule has 8 nitrogen and oxygen atoms in total. The number of rotatable bonds is 7. The van der Waals surface area contributed by atoms with Gasteiger partial charge in [0.05, 0.1) is 35.2 Å². The highest BCUT2D eigenvalue weighted by Crippen LogP contribution is 2.26. The first kappa shape index (κ1) is 24.5. The molecule has 4 aromatic rings. The van der Waals surface area contributed by atoms with E-state index in [-0.39, 0.29) is 23.0 Å². The van der Waals surface area contributed by atoms with Crippen molar-refractivity contribution in [1.82, 2.24) is 15.0 Å². The van der Waals surface area contributed by atoms with E-state index in [1.54, 1.807) is 37.3 Å². The van der Waals surface area contributed by atoms with E-state index in [4.69, 9.17) is 4.74 Å². The molecule has 0 unspecified atom stereocenters. The summed E-state index contributed by atoms with van der Waals surface area (Å²) in [7, 11) is 1.46. The number of carbonyl (C=O) groups is 1. The predicted octanol–water partition coefficient (Wildman–Crippen LogP) is 4.49. The molecule has 1 amide bonds. The number of para-hydroxylation sites is 1. The van der Waals surface area contributed by atoms with Crippen LogP contribution in [0.15, 0.2) is 86.3 Å². The summed E-state index contributed by atoms with van der Waals surface area (Å²) in [6.07, 6.45) is 0. The third-order valence-corrected chi connectivity index (χ3v) is 6.58. The zero-order chi connectivity index (χ0) is 24.9. The van der Waals surface area contributed by atoms with Crippen LogP contribution >= 0.6 is 27.7 Å². The minimum Gasteiger partial charge on any atom is -0.504 e. The first-order valence-electron chi connectivity index (χ1n) is 10.5. The summed E-state index contributed by atoms with van der Waals surface area (Å²) in [5.74, 6) is -0.0296. The van der Waals surface area contributed by atoms with Gasteiger partial charge < -0.3 is 9.84 Å². The fourth-order valence-corrected chi connectivity index (χ4v) is 4.37. The summed E-state index contributed by atoms with van der Waals surface area (Å²) >= 11 is 4.55. The first-order valence-corrected chi connectivity index (χ1v) is 12.3. The Balaban J connectivity index is 1.56. The van der Waals surface area contributed by atoms with Gasteiger partial charge in [0.15, 0.2) is 16.7 Å². The topological polar surface area (TPSA) is 106 Å². The number of hydrazone groups is 1. The Morgan fingerprint density at radius 1 is 1.17 bits per heavy atom. The lowest BCUT2D eigenvalue weighted by Gasteiger charge is -2.13. The molecule has 3 aromatic carbocycles. The molecule has 0 fully saturated rings. The minimum absolute atomic E-state index is 0.00299. The molecular formula is C25H21BrN4O4S. The van der Waals surface area contributed by atoms with E-state index >= 15 is 0 Å². The summed E-state index contributed by atoms with van der Waals surface area (Å²) in [6.45, 7) is 1.73. The van der Waals surface area contributed by atoms with E-state index in [1.807, 2.05) is 30.3 Å². The number of phenols is 1. The Kier molecular flexibility index (Phi) is 7.52. The Labute approximate surface area is 213 Å². The van der Waals surface area contributed by atoms with Crippen LogP contribution in [-0.4, -0.2) is 39.1 Å². The molecule has 0 saturated carbocycles. The van der Waals surface area contributed by atoms with Crippen LogP contribution < -0.4 is 15.7 Å². The van der Waals surface area contributed by atoms with Crippen LogP contribution in [0.2, 0.25) is 0 Å². The molecule has 0 radical (unpaired) electrons. The molecule has 1 aromatic heterocycles. The number of amides is 1. The van der Waals surface area contributed by atoms with Gasteiger partial charge in [-0.1, -0.05) is 39.8 Å². The van der Waals surface area contributed by atoms with E-state index in [9.17, 15) is 14.7 Å². The molecule has 1 heterocycles. The largest absolute Gasteiger partial charge is 0.504 e. The maximum absolute atomic E-state index is 13.3. The van der Waals surface area contributed by atoms with Crippen molar-refractivity contribution < 1.29 is 14.6 Å². The number of phenolic OH excluding ortho intramolecular Hbond substituents is 1. The van der Waals surface area contributed by atoms with Gasteiger partial charge >= 0.3 is 0 Å². The predicted molar refractivity (Wildman–Crippen MR) is 141 cm³/mol. The number of aromatic hydroxyl groups is 1. The quantitative estimate of drug-likeness (QED) is 0.151. The van der Waals surface area contributed by atoms with E-state index in [0.29, 0.717) is 38.8 Å². The van der Waals surface area contributed by atoms with Crippen LogP contribution in [0, 0.1) is 0 Å². The van der Waals surface area contributed by atoms with Crippen molar-refractivity contribution in [1.29, 1.82) is 0 Å². The fraction of sp³-hybridized carbons (Fsp3) is 0.120. The summed E-state index contributed by atoms with van der Waals surface area (Å²) in [5.41, 5.74) is 4.75. The van der Waals surface area contributed by atoms with Crippen molar-refractivity contribution in [2.45, 2.75) is 12.1 Å². The minimum atomic E-state index is -0.357. The van der Waals surface area contributed by atoms with Gasteiger partial charge in [-0.15, -0.1) is 0 Å². The SMILES string of the molecule is COc1cc(/C(C)=N/NC(=O)CSc2nc3ccccc3c(=O)n2-c2ccc(Br)cc2)ccc1O. The van der Waals surface area contributed by atoms with Crippen LogP contribution in [0.5, 0.6) is 11.5 Å². The normalized spacial score (nSPS) is 11.5. The molecule has 0 aliphatic heterocycles. The van der Waals surface area contributed by atoms with Crippen LogP contribution in [0.1, 0.15) is 12.5 Å². The zero-order valence-electron chi connectivity index (χ0n) is 18.9. The van der Waals surface area contributed by atoms with Gasteiger partial charge in [-0.25, -0.2) is 10.4 Å². The van der Waals surface area contributed by atoms with Crippen molar-refractivity contribution in [3.63, 3.8) is 0 Å². The Bertz CT molecular complexity index is 1490.